The highest BCUT2D eigenvalue weighted by Crippen LogP contribution is 2.35. The highest BCUT2D eigenvalue weighted by Gasteiger charge is 2.32. The summed E-state index contributed by atoms with van der Waals surface area (Å²) in [4.78, 5) is 2.81. The summed E-state index contributed by atoms with van der Waals surface area (Å²) in [6.07, 6.45) is 9.86. The Labute approximate surface area is 120 Å². The first-order chi connectivity index (χ1) is 9.02. The fourth-order valence-electron chi connectivity index (χ4n) is 4.20. The van der Waals surface area contributed by atoms with E-state index in [-0.39, 0.29) is 0 Å². The molecule has 19 heavy (non-hydrogen) atoms. The first-order valence-corrected chi connectivity index (χ1v) is 8.43. The molecule has 0 bridgehead atoms. The van der Waals surface area contributed by atoms with E-state index in [2.05, 4.69) is 38.0 Å². The monoisotopic (exact) mass is 266 g/mol. The van der Waals surface area contributed by atoms with Crippen LogP contribution in [0.4, 0.5) is 0 Å². The summed E-state index contributed by atoms with van der Waals surface area (Å²) in [5, 5.41) is 3.57. The number of rotatable bonds is 2. The average molecular weight is 266 g/mol. The van der Waals surface area contributed by atoms with Gasteiger partial charge < -0.3 is 5.32 Å². The number of likely N-dealkylation sites (tertiary alicyclic amines) is 1. The average Bonchev–Trinajstić information content (AvgIpc) is 2.64. The standard InChI is InChI=1S/C17H34N2/c1-17(2,3)14-8-7-12-19(13-11-14)16-10-6-5-9-15(16)18-4/h14-16,18H,5-13H2,1-4H3. The summed E-state index contributed by atoms with van der Waals surface area (Å²) in [5.41, 5.74) is 0.491. The van der Waals surface area contributed by atoms with Crippen LogP contribution in [0.1, 0.15) is 65.7 Å². The van der Waals surface area contributed by atoms with Crippen LogP contribution in [0.25, 0.3) is 0 Å². The second-order valence-electron chi connectivity index (χ2n) is 7.78. The van der Waals surface area contributed by atoms with E-state index in [4.69, 9.17) is 0 Å². The minimum atomic E-state index is 0.491. The lowest BCUT2D eigenvalue weighted by atomic mass is 9.77. The van der Waals surface area contributed by atoms with Gasteiger partial charge in [-0.2, -0.15) is 0 Å². The largest absolute Gasteiger partial charge is 0.315 e. The molecule has 0 spiro atoms. The van der Waals surface area contributed by atoms with Gasteiger partial charge in [0.15, 0.2) is 0 Å². The molecule has 1 saturated carbocycles. The first kappa shape index (κ1) is 15.3. The topological polar surface area (TPSA) is 15.3 Å². The summed E-state index contributed by atoms with van der Waals surface area (Å²) in [6, 6.07) is 1.54. The Bertz CT molecular complexity index is 269. The molecule has 2 nitrogen and oxygen atoms in total. The van der Waals surface area contributed by atoms with Crippen molar-refractivity contribution < 1.29 is 0 Å². The Kier molecular flexibility index (Phi) is 5.30. The van der Waals surface area contributed by atoms with E-state index < -0.39 is 0 Å². The van der Waals surface area contributed by atoms with E-state index in [1.807, 2.05) is 0 Å². The highest BCUT2D eigenvalue weighted by atomic mass is 15.2. The zero-order valence-electron chi connectivity index (χ0n) is 13.5. The van der Waals surface area contributed by atoms with Crippen LogP contribution in [-0.2, 0) is 0 Å². The Hall–Kier alpha value is -0.0800. The molecule has 0 aromatic carbocycles. The molecule has 0 radical (unpaired) electrons. The first-order valence-electron chi connectivity index (χ1n) is 8.43. The second kappa shape index (κ2) is 6.58. The summed E-state index contributed by atoms with van der Waals surface area (Å²) in [6.45, 7) is 9.92. The summed E-state index contributed by atoms with van der Waals surface area (Å²) in [5.74, 6) is 0.911. The molecule has 0 amide bonds. The third-order valence-electron chi connectivity index (χ3n) is 5.56. The van der Waals surface area contributed by atoms with Gasteiger partial charge in [-0.3, -0.25) is 4.90 Å². The number of hydrogen-bond donors (Lipinski definition) is 1. The van der Waals surface area contributed by atoms with Crippen molar-refractivity contribution in [3.63, 3.8) is 0 Å². The normalized spacial score (nSPS) is 35.1. The van der Waals surface area contributed by atoms with Crippen LogP contribution in [0.2, 0.25) is 0 Å². The van der Waals surface area contributed by atoms with Gasteiger partial charge in [0.1, 0.15) is 0 Å². The lowest BCUT2D eigenvalue weighted by molar-refractivity contribution is 0.123. The molecule has 1 aliphatic heterocycles. The fraction of sp³-hybridized carbons (Fsp3) is 1.00. The van der Waals surface area contributed by atoms with Crippen molar-refractivity contribution in [1.82, 2.24) is 10.2 Å². The zero-order valence-corrected chi connectivity index (χ0v) is 13.5. The highest BCUT2D eigenvalue weighted by molar-refractivity contribution is 4.89. The van der Waals surface area contributed by atoms with Crippen molar-refractivity contribution in [2.24, 2.45) is 11.3 Å². The van der Waals surface area contributed by atoms with Gasteiger partial charge >= 0.3 is 0 Å². The Morgan fingerprint density at radius 1 is 0.895 bits per heavy atom. The number of nitrogens with one attached hydrogen (secondary N) is 1. The van der Waals surface area contributed by atoms with E-state index in [9.17, 15) is 0 Å². The maximum absolute atomic E-state index is 3.57. The molecule has 1 saturated heterocycles. The van der Waals surface area contributed by atoms with E-state index in [1.54, 1.807) is 0 Å². The molecule has 3 atom stereocenters. The fourth-order valence-corrected chi connectivity index (χ4v) is 4.20. The maximum Gasteiger partial charge on any atom is 0.0249 e. The molecule has 3 unspecified atom stereocenters. The van der Waals surface area contributed by atoms with Crippen LogP contribution in [0.3, 0.4) is 0 Å². The van der Waals surface area contributed by atoms with Gasteiger partial charge in [-0.05, 0) is 63.6 Å². The SMILES string of the molecule is CNC1CCCCC1N1CCCC(C(C)(C)C)CC1. The van der Waals surface area contributed by atoms with Gasteiger partial charge in [0.25, 0.3) is 0 Å². The van der Waals surface area contributed by atoms with Crippen molar-refractivity contribution in [3.8, 4) is 0 Å². The molecule has 0 aromatic rings. The van der Waals surface area contributed by atoms with Gasteiger partial charge in [-0.15, -0.1) is 0 Å². The predicted octanol–water partition coefficient (Wildman–Crippen LogP) is 3.67. The third-order valence-corrected chi connectivity index (χ3v) is 5.56. The van der Waals surface area contributed by atoms with Gasteiger partial charge in [0, 0.05) is 12.1 Å². The van der Waals surface area contributed by atoms with Crippen molar-refractivity contribution in [2.75, 3.05) is 20.1 Å². The molecule has 1 N–H and O–H groups in total. The van der Waals surface area contributed by atoms with E-state index in [1.165, 1.54) is 58.0 Å². The molecule has 1 aliphatic carbocycles. The Morgan fingerprint density at radius 2 is 1.63 bits per heavy atom. The van der Waals surface area contributed by atoms with E-state index >= 15 is 0 Å². The lowest BCUT2D eigenvalue weighted by Gasteiger charge is -2.39. The van der Waals surface area contributed by atoms with Crippen LogP contribution in [0.5, 0.6) is 0 Å². The van der Waals surface area contributed by atoms with Crippen LogP contribution >= 0.6 is 0 Å². The molecule has 2 heteroatoms. The minimum absolute atomic E-state index is 0.491. The summed E-state index contributed by atoms with van der Waals surface area (Å²) < 4.78 is 0. The molecule has 0 aromatic heterocycles. The molecular formula is C17H34N2. The quantitative estimate of drug-likeness (QED) is 0.820. The molecule has 2 aliphatic rings. The van der Waals surface area contributed by atoms with Gasteiger partial charge in [0.05, 0.1) is 0 Å². The molecule has 2 rings (SSSR count). The van der Waals surface area contributed by atoms with Gasteiger partial charge in [0.2, 0.25) is 0 Å². The zero-order chi connectivity index (χ0) is 13.9. The smallest absolute Gasteiger partial charge is 0.0249 e. The van der Waals surface area contributed by atoms with Gasteiger partial charge in [-0.1, -0.05) is 33.6 Å². The Morgan fingerprint density at radius 3 is 2.32 bits per heavy atom. The van der Waals surface area contributed by atoms with E-state index in [0.717, 1.165) is 18.0 Å². The molecule has 1 heterocycles. The second-order valence-corrected chi connectivity index (χ2v) is 7.78. The van der Waals surface area contributed by atoms with Crippen molar-refractivity contribution in [3.05, 3.63) is 0 Å². The van der Waals surface area contributed by atoms with Crippen molar-refractivity contribution in [2.45, 2.75) is 77.8 Å². The summed E-state index contributed by atoms with van der Waals surface area (Å²) >= 11 is 0. The van der Waals surface area contributed by atoms with Crippen LogP contribution in [-0.4, -0.2) is 37.1 Å². The van der Waals surface area contributed by atoms with Crippen LogP contribution < -0.4 is 5.32 Å². The number of likely N-dealkylation sites (N-methyl/N-ethyl adjacent to an activating group) is 1. The predicted molar refractivity (Wildman–Crippen MR) is 83.5 cm³/mol. The molecule has 2 fully saturated rings. The van der Waals surface area contributed by atoms with Crippen molar-refractivity contribution >= 4 is 0 Å². The summed E-state index contributed by atoms with van der Waals surface area (Å²) in [7, 11) is 2.15. The third kappa shape index (κ3) is 3.95. The Balaban J connectivity index is 1.94. The molecule has 112 valence electrons. The van der Waals surface area contributed by atoms with E-state index in [0.29, 0.717) is 5.41 Å². The van der Waals surface area contributed by atoms with Crippen LogP contribution in [0.15, 0.2) is 0 Å². The van der Waals surface area contributed by atoms with Crippen molar-refractivity contribution in [1.29, 1.82) is 0 Å². The minimum Gasteiger partial charge on any atom is -0.315 e. The number of hydrogen-bond acceptors (Lipinski definition) is 2. The van der Waals surface area contributed by atoms with Gasteiger partial charge in [-0.25, -0.2) is 0 Å². The maximum atomic E-state index is 3.57. The van der Waals surface area contributed by atoms with Crippen LogP contribution in [0, 0.1) is 11.3 Å². The molecular weight excluding hydrogens is 232 g/mol. The lowest BCUT2D eigenvalue weighted by Crippen LogP contribution is -2.51. The number of nitrogens with zero attached hydrogens (tertiary/aromatic N) is 1.